The number of ether oxygens (including phenoxy) is 6. The molecule has 18 fully saturated rings. The number of hydrogen-bond acceptors (Lipinski definition) is 12. The fourth-order valence-corrected chi connectivity index (χ4v) is 22.7. The van der Waals surface area contributed by atoms with Gasteiger partial charge in [0.15, 0.2) is 0 Å². The molecular formula is C61H84O12. The lowest BCUT2D eigenvalue weighted by molar-refractivity contribution is -0.217. The van der Waals surface area contributed by atoms with Gasteiger partial charge in [0.05, 0.1) is 35.5 Å². The van der Waals surface area contributed by atoms with Crippen molar-refractivity contribution < 1.29 is 57.2 Å². The van der Waals surface area contributed by atoms with E-state index in [1.54, 1.807) is 0 Å². The lowest BCUT2D eigenvalue weighted by atomic mass is 9.49. The molecule has 3 saturated heterocycles. The van der Waals surface area contributed by atoms with Gasteiger partial charge in [-0.15, -0.1) is 0 Å². The number of rotatable bonds is 8. The van der Waals surface area contributed by atoms with Gasteiger partial charge >= 0.3 is 35.8 Å². The average molecular weight is 1010 g/mol. The van der Waals surface area contributed by atoms with Gasteiger partial charge in [-0.25, -0.2) is 0 Å². The molecule has 73 heavy (non-hydrogen) atoms. The highest BCUT2D eigenvalue weighted by Gasteiger charge is 2.71. The summed E-state index contributed by atoms with van der Waals surface area (Å²) in [6.45, 7) is 12.9. The van der Waals surface area contributed by atoms with Crippen LogP contribution in [0.4, 0.5) is 0 Å². The zero-order chi connectivity index (χ0) is 50.4. The van der Waals surface area contributed by atoms with Crippen LogP contribution in [0, 0.1) is 136 Å². The fourth-order valence-electron chi connectivity index (χ4n) is 22.7. The SMILES string of the molecule is CC1C2CC3C1OC(=O)C3C2C(=O)OC1(C)C2CC3CC(C2)CC1C3.CCC1(OC(=O)C2C3CC4C(OC(=O)C42)C3C)C2CC3CC(C2)CC1C3.CCC1(OC(=O)C2C3CC4C(OC(=O)C42)C3C)CCCCC1. The van der Waals surface area contributed by atoms with E-state index in [1.807, 2.05) is 0 Å². The third-order valence-electron chi connectivity index (χ3n) is 26.0. The first-order valence-electron chi connectivity index (χ1n) is 30.3. The molecule has 14 bridgehead atoms. The number of fused-ring (bicyclic) bond motifs is 3. The topological polar surface area (TPSA) is 158 Å². The molecule has 0 amide bonds. The molecule has 12 nitrogen and oxygen atoms in total. The van der Waals surface area contributed by atoms with Gasteiger partial charge in [0, 0.05) is 17.8 Å². The Bertz CT molecular complexity index is 2260. The largest absolute Gasteiger partial charge is 0.462 e. The molecule has 18 rings (SSSR count). The van der Waals surface area contributed by atoms with Crippen LogP contribution in [0.3, 0.4) is 0 Å². The summed E-state index contributed by atoms with van der Waals surface area (Å²) in [7, 11) is 0. The maximum atomic E-state index is 13.4. The molecule has 0 aromatic rings. The summed E-state index contributed by atoms with van der Waals surface area (Å²) in [5.74, 6) is 6.01. The Morgan fingerprint density at radius 1 is 0.452 bits per heavy atom. The van der Waals surface area contributed by atoms with Crippen molar-refractivity contribution in [1.29, 1.82) is 0 Å². The number of esters is 6. The Labute approximate surface area is 432 Å². The minimum absolute atomic E-state index is 0.0568. The Balaban J connectivity index is 0.000000102. The molecule has 18 unspecified atom stereocenters. The van der Waals surface area contributed by atoms with Crippen LogP contribution in [0.15, 0.2) is 0 Å². The molecule has 0 radical (unpaired) electrons. The predicted octanol–water partition coefficient (Wildman–Crippen LogP) is 9.85. The van der Waals surface area contributed by atoms with Crippen molar-refractivity contribution in [2.24, 2.45) is 136 Å². The summed E-state index contributed by atoms with van der Waals surface area (Å²) < 4.78 is 35.7. The second kappa shape index (κ2) is 16.9. The van der Waals surface area contributed by atoms with Crippen LogP contribution in [0.1, 0.15) is 170 Å². The van der Waals surface area contributed by atoms with Crippen LogP contribution in [0.2, 0.25) is 0 Å². The Morgan fingerprint density at radius 2 is 0.808 bits per heavy atom. The minimum atomic E-state index is -0.294. The van der Waals surface area contributed by atoms with Crippen molar-refractivity contribution in [3.63, 3.8) is 0 Å². The number of hydrogen-bond donors (Lipinski definition) is 0. The molecule has 3 heterocycles. The fraction of sp³-hybridized carbons (Fsp3) is 0.902. The number of carbonyl (C=O) groups excluding carboxylic acids is 6. The summed E-state index contributed by atoms with van der Waals surface area (Å²) in [5.41, 5.74) is -0.822. The number of carbonyl (C=O) groups is 6. The van der Waals surface area contributed by atoms with Gasteiger partial charge in [-0.2, -0.15) is 0 Å². The van der Waals surface area contributed by atoms with Crippen molar-refractivity contribution >= 4 is 35.8 Å². The van der Waals surface area contributed by atoms with Crippen LogP contribution in [0.5, 0.6) is 0 Å². The van der Waals surface area contributed by atoms with Crippen molar-refractivity contribution in [3.8, 4) is 0 Å². The zero-order valence-electron chi connectivity index (χ0n) is 44.6. The maximum Gasteiger partial charge on any atom is 0.310 e. The molecular weight excluding hydrogens is 925 g/mol. The summed E-state index contributed by atoms with van der Waals surface area (Å²) in [6, 6.07) is 0. The maximum absolute atomic E-state index is 13.4. The van der Waals surface area contributed by atoms with Crippen LogP contribution < -0.4 is 0 Å². The normalized spacial score (nSPS) is 54.9. The van der Waals surface area contributed by atoms with Crippen molar-refractivity contribution in [3.05, 3.63) is 0 Å². The summed E-state index contributed by atoms with van der Waals surface area (Å²) in [4.78, 5) is 76.6. The minimum Gasteiger partial charge on any atom is -0.462 e. The Kier molecular flexibility index (Phi) is 11.2. The van der Waals surface area contributed by atoms with Crippen LogP contribution in [-0.4, -0.2) is 70.9 Å². The van der Waals surface area contributed by atoms with Gasteiger partial charge in [-0.05, 0) is 212 Å². The van der Waals surface area contributed by atoms with E-state index in [1.165, 1.54) is 70.6 Å². The van der Waals surface area contributed by atoms with Gasteiger partial charge in [-0.1, -0.05) is 41.0 Å². The monoisotopic (exact) mass is 1010 g/mol. The Hall–Kier alpha value is -3.18. The van der Waals surface area contributed by atoms with Crippen molar-refractivity contribution in [2.45, 2.75) is 205 Å². The third kappa shape index (κ3) is 6.85. The predicted molar refractivity (Wildman–Crippen MR) is 263 cm³/mol. The molecule has 0 aromatic heterocycles. The van der Waals surface area contributed by atoms with E-state index in [0.717, 1.165) is 81.5 Å². The summed E-state index contributed by atoms with van der Waals surface area (Å²) in [5, 5.41) is 0. The van der Waals surface area contributed by atoms with Gasteiger partial charge in [0.2, 0.25) is 0 Å². The highest BCUT2D eigenvalue weighted by atomic mass is 16.6. The van der Waals surface area contributed by atoms with Crippen molar-refractivity contribution in [2.75, 3.05) is 0 Å². The molecule has 15 aliphatic carbocycles. The lowest BCUT2D eigenvalue weighted by Gasteiger charge is -2.60. The standard InChI is InChI=1S/C22H30O4.C21H28O4.C18H26O4/c1-3-22(13-5-11-4-12(7-13)8-14(22)6-11)26-21(24)17-15-9-16-18(17)20(23)25-19(16)10(15)2;1-9-14-8-15-17(19(22)24-18(9)15)16(14)20(23)25-21(2)12-4-10-3-11(6-12)7-13(21)5-10;1-3-18(7-5-4-6-8-18)22-17(20)13-11-9-12-14(13)16(19)21-15(12)10(11)2/h10-19H,3-9H2,1-2H3;9-18H,3-8H2,1-2H3;10-15H,3-9H2,1-2H3. The van der Waals surface area contributed by atoms with Crippen LogP contribution >= 0.6 is 0 Å². The Morgan fingerprint density at radius 3 is 1.18 bits per heavy atom. The molecule has 15 saturated carbocycles. The van der Waals surface area contributed by atoms with Crippen LogP contribution in [-0.2, 0) is 57.2 Å². The van der Waals surface area contributed by atoms with E-state index >= 15 is 0 Å². The molecule has 18 aliphatic rings. The molecule has 0 N–H and O–H groups in total. The first-order valence-corrected chi connectivity index (χ1v) is 30.3. The zero-order valence-corrected chi connectivity index (χ0v) is 44.6. The van der Waals surface area contributed by atoms with Gasteiger partial charge < -0.3 is 28.4 Å². The van der Waals surface area contributed by atoms with Crippen molar-refractivity contribution in [1.82, 2.24) is 0 Å². The van der Waals surface area contributed by atoms with E-state index in [4.69, 9.17) is 28.4 Å². The summed E-state index contributed by atoms with van der Waals surface area (Å²) in [6.07, 6.45) is 23.1. The van der Waals surface area contributed by atoms with E-state index in [9.17, 15) is 28.8 Å². The molecule has 0 spiro atoms. The molecule has 400 valence electrons. The molecule has 12 heteroatoms. The van der Waals surface area contributed by atoms with E-state index < -0.39 is 0 Å². The van der Waals surface area contributed by atoms with Gasteiger partial charge in [0.25, 0.3) is 0 Å². The molecule has 0 aromatic carbocycles. The highest BCUT2D eigenvalue weighted by Crippen LogP contribution is 2.66. The van der Waals surface area contributed by atoms with E-state index in [2.05, 4.69) is 41.5 Å². The highest BCUT2D eigenvalue weighted by molar-refractivity contribution is 5.88. The summed E-state index contributed by atoms with van der Waals surface area (Å²) >= 11 is 0. The van der Waals surface area contributed by atoms with E-state index in [0.29, 0.717) is 41.4 Å². The molecule has 3 aliphatic heterocycles. The van der Waals surface area contributed by atoms with Gasteiger partial charge in [0.1, 0.15) is 35.1 Å². The van der Waals surface area contributed by atoms with Crippen LogP contribution in [0.25, 0.3) is 0 Å². The lowest BCUT2D eigenvalue weighted by Crippen LogP contribution is -2.60. The first-order chi connectivity index (χ1) is 35.0. The molecule has 18 atom stereocenters. The smallest absolute Gasteiger partial charge is 0.310 e. The average Bonchev–Trinajstić information content (AvgIpc) is 4.26. The second-order valence-corrected chi connectivity index (χ2v) is 28.6. The first kappa shape index (κ1) is 48.2. The van der Waals surface area contributed by atoms with E-state index in [-0.39, 0.29) is 142 Å². The third-order valence-corrected chi connectivity index (χ3v) is 26.0. The quantitative estimate of drug-likeness (QED) is 0.168. The van der Waals surface area contributed by atoms with Gasteiger partial charge in [-0.3, -0.25) is 28.8 Å². The second-order valence-electron chi connectivity index (χ2n) is 28.6.